The fraction of sp³-hybridized carbons (Fsp3) is 0.500. The first-order valence-corrected chi connectivity index (χ1v) is 5.84. The van der Waals surface area contributed by atoms with E-state index in [0.29, 0.717) is 0 Å². The fourth-order valence-electron chi connectivity index (χ4n) is 1.36. The van der Waals surface area contributed by atoms with Crippen LogP contribution in [0, 0.1) is 0 Å². The van der Waals surface area contributed by atoms with E-state index in [2.05, 4.69) is 33.6 Å². The average Bonchev–Trinajstić information content (AvgIpc) is 2.29. The molecule has 0 rings (SSSR count). The number of carboxylic acids is 1. The molecule has 0 heterocycles. The first-order chi connectivity index (χ1) is 7.89. The Morgan fingerprint density at radius 1 is 1.17 bits per heavy atom. The molecule has 4 heteroatoms. The molecule has 0 aromatic heterocycles. The number of aliphatic carboxylic acids is 1. The van der Waals surface area contributed by atoms with Gasteiger partial charge >= 0.3 is 5.97 Å². The maximum absolute atomic E-state index is 9.60. The maximum atomic E-state index is 9.60. The van der Waals surface area contributed by atoms with Gasteiger partial charge in [0.15, 0.2) is 0 Å². The van der Waals surface area contributed by atoms with Crippen LogP contribution in [0.5, 0.6) is 0 Å². The summed E-state index contributed by atoms with van der Waals surface area (Å²) < 4.78 is 1.09. The second-order valence-electron chi connectivity index (χ2n) is 4.00. The third kappa shape index (κ3) is 10.1. The SMILES string of the molecule is C=C(C)C(=O)O.C=CC[N+](CC)(CC)CC=C.[Cl-]. The second kappa shape index (κ2) is 12.4. The molecule has 0 atom stereocenters. The molecule has 0 fully saturated rings. The molecule has 0 saturated heterocycles. The molecule has 0 radical (unpaired) electrons. The molecule has 106 valence electrons. The van der Waals surface area contributed by atoms with Crippen molar-refractivity contribution in [3.8, 4) is 0 Å². The van der Waals surface area contributed by atoms with Crippen LogP contribution in [0.15, 0.2) is 37.5 Å². The van der Waals surface area contributed by atoms with E-state index in [0.717, 1.165) is 30.7 Å². The number of rotatable bonds is 7. The third-order valence-electron chi connectivity index (χ3n) is 2.74. The smallest absolute Gasteiger partial charge is 0.330 e. The van der Waals surface area contributed by atoms with Crippen molar-refractivity contribution >= 4 is 5.97 Å². The Kier molecular flexibility index (Phi) is 15.3. The predicted molar refractivity (Wildman–Crippen MR) is 73.9 cm³/mol. The van der Waals surface area contributed by atoms with E-state index >= 15 is 0 Å². The van der Waals surface area contributed by atoms with Gasteiger partial charge < -0.3 is 22.0 Å². The molecule has 1 N–H and O–H groups in total. The monoisotopic (exact) mass is 275 g/mol. The summed E-state index contributed by atoms with van der Waals surface area (Å²) in [4.78, 5) is 9.60. The van der Waals surface area contributed by atoms with Crippen molar-refractivity contribution in [2.45, 2.75) is 20.8 Å². The molecule has 0 aromatic rings. The van der Waals surface area contributed by atoms with Gasteiger partial charge in [0.25, 0.3) is 0 Å². The highest BCUT2D eigenvalue weighted by Gasteiger charge is 2.18. The Balaban J connectivity index is -0.000000277. The molecule has 0 aliphatic heterocycles. The van der Waals surface area contributed by atoms with E-state index in [9.17, 15) is 4.79 Å². The Labute approximate surface area is 117 Å². The first-order valence-electron chi connectivity index (χ1n) is 5.84. The minimum Gasteiger partial charge on any atom is -1.00 e. The van der Waals surface area contributed by atoms with Crippen molar-refractivity contribution in [2.24, 2.45) is 0 Å². The first kappa shape index (κ1) is 22.1. The van der Waals surface area contributed by atoms with Crippen molar-refractivity contribution in [3.05, 3.63) is 37.5 Å². The van der Waals surface area contributed by atoms with E-state index in [1.165, 1.54) is 6.92 Å². The molecule has 0 amide bonds. The number of carboxylic acid groups (broad SMARTS) is 1. The summed E-state index contributed by atoms with van der Waals surface area (Å²) in [5, 5.41) is 7.89. The molecule has 0 aliphatic rings. The largest absolute Gasteiger partial charge is 1.00 e. The lowest BCUT2D eigenvalue weighted by Crippen LogP contribution is -3.00. The number of hydrogen-bond acceptors (Lipinski definition) is 1. The lowest BCUT2D eigenvalue weighted by atomic mass is 10.3. The summed E-state index contributed by atoms with van der Waals surface area (Å²) >= 11 is 0. The highest BCUT2D eigenvalue weighted by molar-refractivity contribution is 5.84. The van der Waals surface area contributed by atoms with E-state index in [4.69, 9.17) is 5.11 Å². The Morgan fingerprint density at radius 3 is 1.56 bits per heavy atom. The fourth-order valence-corrected chi connectivity index (χ4v) is 1.36. The predicted octanol–water partition coefficient (Wildman–Crippen LogP) is -0.134. The lowest BCUT2D eigenvalue weighted by molar-refractivity contribution is -0.914. The molecule has 0 spiro atoms. The second-order valence-corrected chi connectivity index (χ2v) is 4.00. The van der Waals surface area contributed by atoms with Gasteiger partial charge in [0.2, 0.25) is 0 Å². The van der Waals surface area contributed by atoms with Crippen molar-refractivity contribution < 1.29 is 26.8 Å². The molecule has 18 heavy (non-hydrogen) atoms. The number of likely N-dealkylation sites (N-methyl/N-ethyl adjacent to an activating group) is 1. The summed E-state index contributed by atoms with van der Waals surface area (Å²) in [6, 6.07) is 0. The molecular formula is C14H26ClNO2. The third-order valence-corrected chi connectivity index (χ3v) is 2.74. The van der Waals surface area contributed by atoms with Crippen molar-refractivity contribution in [1.82, 2.24) is 0 Å². The highest BCUT2D eigenvalue weighted by atomic mass is 35.5. The van der Waals surface area contributed by atoms with Gasteiger partial charge in [-0.1, -0.05) is 19.7 Å². The zero-order chi connectivity index (χ0) is 13.9. The van der Waals surface area contributed by atoms with Crippen LogP contribution in [0.4, 0.5) is 0 Å². The van der Waals surface area contributed by atoms with E-state index in [-0.39, 0.29) is 18.0 Å². The van der Waals surface area contributed by atoms with Gasteiger partial charge in [-0.25, -0.2) is 4.79 Å². The Bertz CT molecular complexity index is 247. The summed E-state index contributed by atoms with van der Waals surface area (Å²) in [5.74, 6) is -0.935. The minimum absolute atomic E-state index is 0. The van der Waals surface area contributed by atoms with Gasteiger partial charge in [-0.3, -0.25) is 0 Å². The van der Waals surface area contributed by atoms with Crippen LogP contribution in [-0.4, -0.2) is 41.7 Å². The quantitative estimate of drug-likeness (QED) is 0.399. The van der Waals surface area contributed by atoms with Crippen molar-refractivity contribution in [2.75, 3.05) is 26.2 Å². The molecule has 0 saturated carbocycles. The van der Waals surface area contributed by atoms with Crippen molar-refractivity contribution in [3.63, 3.8) is 0 Å². The van der Waals surface area contributed by atoms with Crippen LogP contribution in [0.3, 0.4) is 0 Å². The maximum Gasteiger partial charge on any atom is 0.330 e. The Hall–Kier alpha value is -1.06. The van der Waals surface area contributed by atoms with Crippen LogP contribution >= 0.6 is 0 Å². The van der Waals surface area contributed by atoms with Crippen LogP contribution in [-0.2, 0) is 4.79 Å². The topological polar surface area (TPSA) is 37.3 Å². The minimum atomic E-state index is -0.935. The van der Waals surface area contributed by atoms with E-state index in [1.54, 1.807) is 0 Å². The van der Waals surface area contributed by atoms with Crippen LogP contribution in [0.1, 0.15) is 20.8 Å². The van der Waals surface area contributed by atoms with Gasteiger partial charge in [0.05, 0.1) is 26.2 Å². The zero-order valence-electron chi connectivity index (χ0n) is 11.8. The van der Waals surface area contributed by atoms with Crippen LogP contribution in [0.2, 0.25) is 0 Å². The van der Waals surface area contributed by atoms with Crippen LogP contribution in [0.25, 0.3) is 0 Å². The number of quaternary nitrogens is 1. The number of halogens is 1. The number of nitrogens with zero attached hydrogens (tertiary/aromatic N) is 1. The van der Waals surface area contributed by atoms with Gasteiger partial charge in [0, 0.05) is 5.57 Å². The molecule has 0 aliphatic carbocycles. The summed E-state index contributed by atoms with van der Waals surface area (Å²) in [5.41, 5.74) is 0.176. The number of hydrogen-bond donors (Lipinski definition) is 1. The molecule has 0 bridgehead atoms. The number of carbonyl (C=O) groups is 1. The zero-order valence-corrected chi connectivity index (χ0v) is 12.5. The standard InChI is InChI=1S/C10H20N.C4H6O2.ClH/c1-5-9-11(7-3,8-4)10-6-2;1-3(2)4(5)6;/h5-6H,1-2,7-10H2,3-4H3;1H2,2H3,(H,5,6);1H/q+1;;/p-1. The van der Waals surface area contributed by atoms with E-state index in [1.807, 2.05) is 12.2 Å². The highest BCUT2D eigenvalue weighted by Crippen LogP contribution is 2.05. The summed E-state index contributed by atoms with van der Waals surface area (Å²) in [6.45, 7) is 21.0. The lowest BCUT2D eigenvalue weighted by Gasteiger charge is -2.34. The van der Waals surface area contributed by atoms with Crippen molar-refractivity contribution in [1.29, 1.82) is 0 Å². The summed E-state index contributed by atoms with van der Waals surface area (Å²) in [6.07, 6.45) is 3.99. The van der Waals surface area contributed by atoms with Gasteiger partial charge in [-0.15, -0.1) is 0 Å². The van der Waals surface area contributed by atoms with Gasteiger partial charge in [-0.2, -0.15) is 0 Å². The van der Waals surface area contributed by atoms with Crippen LogP contribution < -0.4 is 12.4 Å². The van der Waals surface area contributed by atoms with Gasteiger partial charge in [-0.05, 0) is 32.9 Å². The summed E-state index contributed by atoms with van der Waals surface area (Å²) in [7, 11) is 0. The Morgan fingerprint density at radius 2 is 1.44 bits per heavy atom. The molecule has 3 nitrogen and oxygen atoms in total. The molecule has 0 unspecified atom stereocenters. The average molecular weight is 276 g/mol. The molecule has 0 aromatic carbocycles. The normalized spacial score (nSPS) is 9.28. The van der Waals surface area contributed by atoms with Gasteiger partial charge in [0.1, 0.15) is 0 Å². The van der Waals surface area contributed by atoms with E-state index < -0.39 is 5.97 Å². The molecular weight excluding hydrogens is 250 g/mol.